The van der Waals surface area contributed by atoms with Gasteiger partial charge in [0.15, 0.2) is 0 Å². The molecule has 1 aromatic rings. The molecule has 0 spiro atoms. The van der Waals surface area contributed by atoms with Crippen LogP contribution in [-0.2, 0) is 12.8 Å². The molecule has 0 atom stereocenters. The summed E-state index contributed by atoms with van der Waals surface area (Å²) in [4.78, 5) is 6.96. The van der Waals surface area contributed by atoms with E-state index in [9.17, 15) is 0 Å². The third-order valence-corrected chi connectivity index (χ3v) is 3.40. The number of nitrogens with zero attached hydrogens (tertiary/aromatic N) is 2. The highest BCUT2D eigenvalue weighted by atomic mass is 15.2. The maximum atomic E-state index is 4.57. The van der Waals surface area contributed by atoms with Gasteiger partial charge in [-0.2, -0.15) is 0 Å². The molecule has 2 heterocycles. The fourth-order valence-corrected chi connectivity index (χ4v) is 2.51. The molecule has 80 valence electrons. The van der Waals surface area contributed by atoms with E-state index in [0.29, 0.717) is 0 Å². The summed E-state index contributed by atoms with van der Waals surface area (Å²) in [5, 5.41) is 3.37. The number of piperazine rings is 1. The lowest BCUT2D eigenvalue weighted by molar-refractivity contribution is 0.585. The third kappa shape index (κ3) is 1.72. The van der Waals surface area contributed by atoms with Gasteiger partial charge in [-0.05, 0) is 36.5 Å². The van der Waals surface area contributed by atoms with Gasteiger partial charge in [0.2, 0.25) is 0 Å². The molecule has 3 rings (SSSR count). The van der Waals surface area contributed by atoms with Crippen LogP contribution in [0.1, 0.15) is 17.5 Å². The Kier molecular flexibility index (Phi) is 2.33. The smallest absolute Gasteiger partial charge is 0.128 e. The lowest BCUT2D eigenvalue weighted by Crippen LogP contribution is -2.43. The standard InChI is InChI=1S/C12H17N3/c1-2-10-8-12(14-9-11(10)3-1)15-6-4-13-5-7-15/h8-9,13H,1-7H2. The average Bonchev–Trinajstić information content (AvgIpc) is 2.77. The van der Waals surface area contributed by atoms with Crippen molar-refractivity contribution in [2.75, 3.05) is 31.1 Å². The van der Waals surface area contributed by atoms with Gasteiger partial charge >= 0.3 is 0 Å². The van der Waals surface area contributed by atoms with Gasteiger partial charge in [-0.15, -0.1) is 0 Å². The molecule has 15 heavy (non-hydrogen) atoms. The van der Waals surface area contributed by atoms with Crippen molar-refractivity contribution in [2.45, 2.75) is 19.3 Å². The summed E-state index contributed by atoms with van der Waals surface area (Å²) in [6.07, 6.45) is 5.86. The van der Waals surface area contributed by atoms with Crippen LogP contribution in [-0.4, -0.2) is 31.2 Å². The molecule has 0 amide bonds. The van der Waals surface area contributed by atoms with Crippen molar-refractivity contribution in [1.29, 1.82) is 0 Å². The van der Waals surface area contributed by atoms with Crippen LogP contribution in [0.4, 0.5) is 5.82 Å². The minimum absolute atomic E-state index is 1.08. The average molecular weight is 203 g/mol. The van der Waals surface area contributed by atoms with E-state index in [1.807, 2.05) is 0 Å². The SMILES string of the molecule is c1nc(N2CCNCC2)cc2c1CCC2. The summed E-state index contributed by atoms with van der Waals surface area (Å²) in [5.74, 6) is 1.18. The second-order valence-electron chi connectivity index (χ2n) is 4.40. The molecule has 1 aliphatic carbocycles. The van der Waals surface area contributed by atoms with E-state index >= 15 is 0 Å². The summed E-state index contributed by atoms with van der Waals surface area (Å²) in [6.45, 7) is 4.34. The summed E-state index contributed by atoms with van der Waals surface area (Å²) >= 11 is 0. The Morgan fingerprint density at radius 2 is 1.93 bits per heavy atom. The van der Waals surface area contributed by atoms with Gasteiger partial charge in [0.1, 0.15) is 5.82 Å². The maximum absolute atomic E-state index is 4.57. The first kappa shape index (κ1) is 9.16. The third-order valence-electron chi connectivity index (χ3n) is 3.40. The van der Waals surface area contributed by atoms with E-state index in [-0.39, 0.29) is 0 Å². The summed E-state index contributed by atoms with van der Waals surface area (Å²) in [5.41, 5.74) is 2.99. The van der Waals surface area contributed by atoms with Gasteiger partial charge < -0.3 is 10.2 Å². The van der Waals surface area contributed by atoms with Gasteiger partial charge in [0.05, 0.1) is 0 Å². The molecule has 2 aliphatic rings. The highest BCUT2D eigenvalue weighted by molar-refractivity contribution is 5.45. The van der Waals surface area contributed by atoms with E-state index in [2.05, 4.69) is 27.5 Å². The van der Waals surface area contributed by atoms with Crippen molar-refractivity contribution in [3.05, 3.63) is 23.4 Å². The van der Waals surface area contributed by atoms with Crippen LogP contribution in [0.25, 0.3) is 0 Å². The molecule has 0 radical (unpaired) electrons. The fourth-order valence-electron chi connectivity index (χ4n) is 2.51. The molecule has 1 aliphatic heterocycles. The van der Waals surface area contributed by atoms with Crippen molar-refractivity contribution in [1.82, 2.24) is 10.3 Å². The van der Waals surface area contributed by atoms with Crippen LogP contribution in [0.2, 0.25) is 0 Å². The van der Waals surface area contributed by atoms with Crippen LogP contribution in [0.15, 0.2) is 12.3 Å². The van der Waals surface area contributed by atoms with Gasteiger partial charge in [0, 0.05) is 32.4 Å². The number of aromatic nitrogens is 1. The molecular formula is C12H17N3. The van der Waals surface area contributed by atoms with E-state index in [1.165, 1.54) is 36.2 Å². The van der Waals surface area contributed by atoms with E-state index in [4.69, 9.17) is 0 Å². The predicted molar refractivity (Wildman–Crippen MR) is 61.3 cm³/mol. The first-order valence-electron chi connectivity index (χ1n) is 5.87. The first-order chi connectivity index (χ1) is 7.43. The number of rotatable bonds is 1. The zero-order chi connectivity index (χ0) is 10.1. The van der Waals surface area contributed by atoms with Crippen LogP contribution >= 0.6 is 0 Å². The lowest BCUT2D eigenvalue weighted by Gasteiger charge is -2.28. The zero-order valence-corrected chi connectivity index (χ0v) is 9.00. The molecule has 1 aromatic heterocycles. The Bertz CT molecular complexity index is 356. The van der Waals surface area contributed by atoms with Crippen molar-refractivity contribution in [3.63, 3.8) is 0 Å². The van der Waals surface area contributed by atoms with Crippen LogP contribution in [0, 0.1) is 0 Å². The highest BCUT2D eigenvalue weighted by Crippen LogP contribution is 2.24. The molecule has 0 aromatic carbocycles. The number of pyridine rings is 1. The molecule has 1 fully saturated rings. The minimum Gasteiger partial charge on any atom is -0.354 e. The molecule has 0 bridgehead atoms. The molecule has 1 N–H and O–H groups in total. The van der Waals surface area contributed by atoms with E-state index in [1.54, 1.807) is 0 Å². The first-order valence-corrected chi connectivity index (χ1v) is 5.87. The molecule has 1 saturated heterocycles. The molecule has 0 saturated carbocycles. The van der Waals surface area contributed by atoms with Gasteiger partial charge in [0.25, 0.3) is 0 Å². The van der Waals surface area contributed by atoms with Crippen molar-refractivity contribution < 1.29 is 0 Å². The van der Waals surface area contributed by atoms with Crippen LogP contribution in [0.3, 0.4) is 0 Å². The number of aryl methyl sites for hydroxylation is 2. The number of nitrogens with one attached hydrogen (secondary N) is 1. The van der Waals surface area contributed by atoms with Crippen molar-refractivity contribution >= 4 is 5.82 Å². The predicted octanol–water partition coefficient (Wildman–Crippen LogP) is 0.980. The Labute approximate surface area is 90.5 Å². The molecule has 3 heteroatoms. The Morgan fingerprint density at radius 3 is 2.80 bits per heavy atom. The van der Waals surface area contributed by atoms with Gasteiger partial charge in [-0.25, -0.2) is 4.98 Å². The molecule has 0 unspecified atom stereocenters. The lowest BCUT2D eigenvalue weighted by atomic mass is 10.2. The number of anilines is 1. The van der Waals surface area contributed by atoms with Crippen LogP contribution < -0.4 is 10.2 Å². The summed E-state index contributed by atoms with van der Waals surface area (Å²) < 4.78 is 0. The Balaban J connectivity index is 1.85. The summed E-state index contributed by atoms with van der Waals surface area (Å²) in [6, 6.07) is 2.30. The highest BCUT2D eigenvalue weighted by Gasteiger charge is 2.16. The molecular weight excluding hydrogens is 186 g/mol. The topological polar surface area (TPSA) is 28.2 Å². The molecule has 3 nitrogen and oxygen atoms in total. The minimum atomic E-state index is 1.08. The van der Waals surface area contributed by atoms with Crippen molar-refractivity contribution in [2.24, 2.45) is 0 Å². The maximum Gasteiger partial charge on any atom is 0.128 e. The Hall–Kier alpha value is -1.09. The normalized spacial score (nSPS) is 20.4. The number of hydrogen-bond acceptors (Lipinski definition) is 3. The quantitative estimate of drug-likeness (QED) is 0.737. The fraction of sp³-hybridized carbons (Fsp3) is 0.583. The Morgan fingerprint density at radius 1 is 1.13 bits per heavy atom. The van der Waals surface area contributed by atoms with Gasteiger partial charge in [-0.3, -0.25) is 0 Å². The van der Waals surface area contributed by atoms with Crippen molar-refractivity contribution in [3.8, 4) is 0 Å². The van der Waals surface area contributed by atoms with E-state index < -0.39 is 0 Å². The zero-order valence-electron chi connectivity index (χ0n) is 9.00. The second kappa shape index (κ2) is 3.81. The van der Waals surface area contributed by atoms with Crippen LogP contribution in [0.5, 0.6) is 0 Å². The number of fused-ring (bicyclic) bond motifs is 1. The second-order valence-corrected chi connectivity index (χ2v) is 4.40. The largest absolute Gasteiger partial charge is 0.354 e. The van der Waals surface area contributed by atoms with E-state index in [0.717, 1.165) is 26.2 Å². The van der Waals surface area contributed by atoms with Gasteiger partial charge in [-0.1, -0.05) is 0 Å². The summed E-state index contributed by atoms with van der Waals surface area (Å²) in [7, 11) is 0. The monoisotopic (exact) mass is 203 g/mol. The number of hydrogen-bond donors (Lipinski definition) is 1.